The molecule has 3 heterocycles. The van der Waals surface area contributed by atoms with Crippen LogP contribution < -0.4 is 5.32 Å². The van der Waals surface area contributed by atoms with Crippen LogP contribution in [-0.4, -0.2) is 51.2 Å². The van der Waals surface area contributed by atoms with Gasteiger partial charge in [0.05, 0.1) is 17.9 Å². The van der Waals surface area contributed by atoms with E-state index in [4.69, 9.17) is 14.2 Å². The Hall–Kier alpha value is -7.07. The minimum Gasteiger partial charge on any atom is -0.447 e. The molecule has 0 saturated carbocycles. The molecular formula is C45H33F2N5O5. The summed E-state index contributed by atoms with van der Waals surface area (Å²) in [5.74, 6) is -5.55. The third-order valence-electron chi connectivity index (χ3n) is 9.97. The van der Waals surface area contributed by atoms with Crippen LogP contribution in [0.2, 0.25) is 0 Å². The fourth-order valence-corrected chi connectivity index (χ4v) is 7.25. The molecule has 1 fully saturated rings. The van der Waals surface area contributed by atoms with Crippen LogP contribution in [0.15, 0.2) is 170 Å². The maximum atomic E-state index is 17.3. The first-order chi connectivity index (χ1) is 27.8. The van der Waals surface area contributed by atoms with Crippen molar-refractivity contribution in [3.63, 3.8) is 0 Å². The number of nitrogens with one attached hydrogen (secondary N) is 1. The molecule has 57 heavy (non-hydrogen) atoms. The lowest BCUT2D eigenvalue weighted by Crippen LogP contribution is -2.49. The van der Waals surface area contributed by atoms with E-state index in [1.165, 1.54) is 28.8 Å². The summed E-state index contributed by atoms with van der Waals surface area (Å²) in [6, 6.07) is 48.4. The van der Waals surface area contributed by atoms with Crippen molar-refractivity contribution in [2.24, 2.45) is 0 Å². The molecule has 1 unspecified atom stereocenters. The van der Waals surface area contributed by atoms with E-state index >= 15 is 8.78 Å². The molecule has 1 aliphatic heterocycles. The number of carbonyl (C=O) groups is 2. The standard InChI is InChI=1S/C45H33F2N5O5/c46-45(47)38(28-55-44(33-20-10-3-11-21-33,34-22-12-4-13-23-34)35-24-14-5-15-25-35)57-43(29-48,42(45)56-41(54)32-18-8-2-9-19-32)37-27-26-36-39(49-30-50-52(36)37)51-40(53)31-16-6-1-7-17-31/h1-27,30,38,42H,28H2,(H,49,50,51,53)/t38-,42?,43+/m1/s1. The number of carbonyl (C=O) groups excluding carboxylic acids is 2. The van der Waals surface area contributed by atoms with Crippen LogP contribution >= 0.6 is 0 Å². The summed E-state index contributed by atoms with van der Waals surface area (Å²) in [4.78, 5) is 30.9. The second-order valence-corrected chi connectivity index (χ2v) is 13.3. The molecule has 0 aliphatic carbocycles. The van der Waals surface area contributed by atoms with Gasteiger partial charge in [-0.2, -0.15) is 19.1 Å². The summed E-state index contributed by atoms with van der Waals surface area (Å²) >= 11 is 0. The number of esters is 1. The van der Waals surface area contributed by atoms with E-state index in [0.29, 0.717) is 22.3 Å². The van der Waals surface area contributed by atoms with Crippen LogP contribution in [0.4, 0.5) is 14.6 Å². The molecule has 0 bridgehead atoms. The Morgan fingerprint density at radius 3 is 1.79 bits per heavy atom. The van der Waals surface area contributed by atoms with Gasteiger partial charge in [0, 0.05) is 5.56 Å². The SMILES string of the molecule is N#C[C@@]1(c2ccc3c(NC(=O)c4ccccc4)ncnn23)O[C@H](COC(c2ccccc2)(c2ccccc2)c2ccccc2)C(F)(F)C1OC(=O)c1ccccc1. The van der Waals surface area contributed by atoms with Crippen LogP contribution in [0.25, 0.3) is 5.52 Å². The molecule has 1 N–H and O–H groups in total. The van der Waals surface area contributed by atoms with Crippen molar-refractivity contribution < 1.29 is 32.6 Å². The van der Waals surface area contributed by atoms with Crippen molar-refractivity contribution in [2.75, 3.05) is 11.9 Å². The quantitative estimate of drug-likeness (QED) is 0.104. The zero-order valence-corrected chi connectivity index (χ0v) is 30.1. The van der Waals surface area contributed by atoms with Crippen LogP contribution in [0.3, 0.4) is 0 Å². The van der Waals surface area contributed by atoms with Gasteiger partial charge >= 0.3 is 11.9 Å². The first-order valence-electron chi connectivity index (χ1n) is 18.0. The lowest BCUT2D eigenvalue weighted by molar-refractivity contribution is -0.147. The Bertz CT molecular complexity index is 2460. The molecule has 5 aromatic carbocycles. The van der Waals surface area contributed by atoms with Gasteiger partial charge in [-0.05, 0) is 53.1 Å². The highest BCUT2D eigenvalue weighted by Gasteiger charge is 2.71. The zero-order chi connectivity index (χ0) is 39.5. The van der Waals surface area contributed by atoms with E-state index in [-0.39, 0.29) is 22.6 Å². The molecular weight excluding hydrogens is 729 g/mol. The predicted octanol–water partition coefficient (Wildman–Crippen LogP) is 7.97. The molecule has 0 radical (unpaired) electrons. The number of nitrogens with zero attached hydrogens (tertiary/aromatic N) is 4. The largest absolute Gasteiger partial charge is 0.447 e. The average Bonchev–Trinajstić information content (AvgIpc) is 3.80. The minimum absolute atomic E-state index is 0.00987. The van der Waals surface area contributed by atoms with E-state index < -0.39 is 47.8 Å². The van der Waals surface area contributed by atoms with Crippen LogP contribution in [0, 0.1) is 11.3 Å². The highest BCUT2D eigenvalue weighted by Crippen LogP contribution is 2.51. The van der Waals surface area contributed by atoms with Gasteiger partial charge in [0.25, 0.3) is 5.91 Å². The number of aromatic nitrogens is 3. The number of amides is 1. The summed E-state index contributed by atoms with van der Waals surface area (Å²) in [5, 5.41) is 18.0. The number of ether oxygens (including phenoxy) is 3. The van der Waals surface area contributed by atoms with Crippen LogP contribution in [0.5, 0.6) is 0 Å². The monoisotopic (exact) mass is 761 g/mol. The van der Waals surface area contributed by atoms with Crippen molar-refractivity contribution in [2.45, 2.75) is 29.3 Å². The lowest BCUT2D eigenvalue weighted by atomic mass is 9.80. The van der Waals surface area contributed by atoms with Gasteiger partial charge in [0.15, 0.2) is 11.9 Å². The average molecular weight is 762 g/mol. The number of alkyl halides is 2. The van der Waals surface area contributed by atoms with Crippen molar-refractivity contribution >= 4 is 23.2 Å². The van der Waals surface area contributed by atoms with Crippen molar-refractivity contribution in [3.8, 4) is 6.07 Å². The number of nitriles is 1. The molecule has 282 valence electrons. The molecule has 7 aromatic rings. The maximum absolute atomic E-state index is 17.3. The Morgan fingerprint density at radius 1 is 0.754 bits per heavy atom. The van der Waals surface area contributed by atoms with E-state index in [1.807, 2.05) is 97.1 Å². The Morgan fingerprint density at radius 2 is 1.26 bits per heavy atom. The summed E-state index contributed by atoms with van der Waals surface area (Å²) in [6.07, 6.45) is -3.52. The van der Waals surface area contributed by atoms with E-state index in [2.05, 4.69) is 15.4 Å². The highest BCUT2D eigenvalue weighted by molar-refractivity contribution is 6.05. The summed E-state index contributed by atoms with van der Waals surface area (Å²) in [7, 11) is 0. The Balaban J connectivity index is 1.23. The molecule has 1 aliphatic rings. The van der Waals surface area contributed by atoms with E-state index in [9.17, 15) is 14.9 Å². The fraction of sp³-hybridized carbons (Fsp3) is 0.133. The third-order valence-corrected chi connectivity index (χ3v) is 9.97. The lowest BCUT2D eigenvalue weighted by Gasteiger charge is -2.37. The van der Waals surface area contributed by atoms with Crippen molar-refractivity contribution in [1.29, 1.82) is 5.26 Å². The van der Waals surface area contributed by atoms with Crippen molar-refractivity contribution in [3.05, 3.63) is 204 Å². The molecule has 3 atom stereocenters. The number of rotatable bonds is 11. The van der Waals surface area contributed by atoms with Gasteiger partial charge in [-0.25, -0.2) is 14.3 Å². The molecule has 1 saturated heterocycles. The van der Waals surface area contributed by atoms with Gasteiger partial charge < -0.3 is 19.5 Å². The number of hydrogen-bond donors (Lipinski definition) is 1. The first-order valence-corrected chi connectivity index (χ1v) is 18.0. The van der Waals surface area contributed by atoms with Crippen LogP contribution in [-0.2, 0) is 25.4 Å². The molecule has 8 rings (SSSR count). The normalized spacial score (nSPS) is 18.8. The predicted molar refractivity (Wildman–Crippen MR) is 205 cm³/mol. The molecule has 1 amide bonds. The third kappa shape index (κ3) is 6.58. The maximum Gasteiger partial charge on any atom is 0.338 e. The number of fused-ring (bicyclic) bond motifs is 1. The van der Waals surface area contributed by atoms with Crippen LogP contribution in [0.1, 0.15) is 43.1 Å². The molecule has 2 aromatic heterocycles. The highest BCUT2D eigenvalue weighted by atomic mass is 19.3. The molecule has 0 spiro atoms. The van der Waals surface area contributed by atoms with E-state index in [0.717, 1.165) is 6.33 Å². The Kier molecular flexibility index (Phi) is 9.85. The zero-order valence-electron chi connectivity index (χ0n) is 30.1. The van der Waals surface area contributed by atoms with Gasteiger partial charge in [-0.3, -0.25) is 4.79 Å². The smallest absolute Gasteiger partial charge is 0.338 e. The number of anilines is 1. The van der Waals surface area contributed by atoms with E-state index in [1.54, 1.807) is 48.5 Å². The van der Waals surface area contributed by atoms with Gasteiger partial charge in [0.1, 0.15) is 23.5 Å². The van der Waals surface area contributed by atoms with Gasteiger partial charge in [0.2, 0.25) is 11.7 Å². The molecule has 10 nitrogen and oxygen atoms in total. The Labute approximate surface area is 325 Å². The summed E-state index contributed by atoms with van der Waals surface area (Å²) < 4.78 is 54.4. The summed E-state index contributed by atoms with van der Waals surface area (Å²) in [6.45, 7) is -0.759. The molecule has 12 heteroatoms. The topological polar surface area (TPSA) is 128 Å². The number of halogens is 2. The fourth-order valence-electron chi connectivity index (χ4n) is 7.25. The number of benzene rings is 5. The second-order valence-electron chi connectivity index (χ2n) is 13.3. The van der Waals surface area contributed by atoms with Gasteiger partial charge in [-0.1, -0.05) is 127 Å². The van der Waals surface area contributed by atoms with Gasteiger partial charge in [-0.15, -0.1) is 0 Å². The second kappa shape index (κ2) is 15.2. The summed E-state index contributed by atoms with van der Waals surface area (Å²) in [5.41, 5.74) is -1.78. The number of hydrogen-bond acceptors (Lipinski definition) is 8. The minimum atomic E-state index is -4.02. The van der Waals surface area contributed by atoms with Crippen molar-refractivity contribution in [1.82, 2.24) is 14.6 Å². The first kappa shape index (κ1) is 36.9.